The van der Waals surface area contributed by atoms with Crippen LogP contribution in [0.15, 0.2) is 36.5 Å². The zero-order valence-corrected chi connectivity index (χ0v) is 11.3. The van der Waals surface area contributed by atoms with Gasteiger partial charge >= 0.3 is 5.97 Å². The largest absolute Gasteiger partial charge is 0.476 e. The summed E-state index contributed by atoms with van der Waals surface area (Å²) in [4.78, 5) is 26.9. The van der Waals surface area contributed by atoms with Gasteiger partial charge in [0.2, 0.25) is 0 Å². The number of carboxylic acids is 1. The molecule has 1 aromatic heterocycles. The van der Waals surface area contributed by atoms with Crippen LogP contribution in [-0.4, -0.2) is 22.0 Å². The monoisotopic (exact) mass is 290 g/mol. The summed E-state index contributed by atoms with van der Waals surface area (Å²) in [7, 11) is 0. The Kier molecular flexibility index (Phi) is 4.00. The molecule has 0 aliphatic heterocycles. The highest BCUT2D eigenvalue weighted by Crippen LogP contribution is 2.23. The van der Waals surface area contributed by atoms with Crippen LogP contribution in [0, 0.1) is 6.92 Å². The fourth-order valence-electron chi connectivity index (χ4n) is 1.69. The van der Waals surface area contributed by atoms with Crippen molar-refractivity contribution >= 4 is 29.2 Å². The van der Waals surface area contributed by atoms with E-state index in [1.807, 2.05) is 0 Å². The molecule has 0 saturated carbocycles. The fraction of sp³-hybridized carbons (Fsp3) is 0.0714. The number of nitrogens with one attached hydrogen (secondary N) is 1. The molecule has 2 rings (SSSR count). The van der Waals surface area contributed by atoms with Gasteiger partial charge in [-0.25, -0.2) is 9.78 Å². The van der Waals surface area contributed by atoms with Gasteiger partial charge in [-0.15, -0.1) is 0 Å². The van der Waals surface area contributed by atoms with Gasteiger partial charge in [0.15, 0.2) is 5.69 Å². The predicted molar refractivity (Wildman–Crippen MR) is 75.3 cm³/mol. The summed E-state index contributed by atoms with van der Waals surface area (Å²) in [6, 6.07) is 8.01. The van der Waals surface area contributed by atoms with Gasteiger partial charge in [0.05, 0.1) is 5.56 Å². The number of halogens is 1. The van der Waals surface area contributed by atoms with E-state index in [1.165, 1.54) is 18.3 Å². The first-order valence-corrected chi connectivity index (χ1v) is 6.13. The molecule has 0 fully saturated rings. The number of nitrogens with zero attached hydrogens (tertiary/aromatic N) is 1. The minimum atomic E-state index is -1.25. The van der Waals surface area contributed by atoms with Crippen LogP contribution in [0.2, 0.25) is 5.02 Å². The molecule has 2 N–H and O–H groups in total. The number of carbonyl (C=O) groups excluding carboxylic acids is 1. The second kappa shape index (κ2) is 5.71. The Morgan fingerprint density at radius 3 is 2.70 bits per heavy atom. The number of aromatic carboxylic acids is 1. The average molecular weight is 291 g/mol. The summed E-state index contributed by atoms with van der Waals surface area (Å²) in [5.41, 5.74) is 0.954. The van der Waals surface area contributed by atoms with Crippen LogP contribution >= 0.6 is 11.6 Å². The first kappa shape index (κ1) is 14.0. The van der Waals surface area contributed by atoms with Crippen molar-refractivity contribution in [2.24, 2.45) is 0 Å². The first-order chi connectivity index (χ1) is 9.50. The molecule has 0 aliphatic carbocycles. The molecule has 1 aromatic carbocycles. The Hall–Kier alpha value is -2.40. The van der Waals surface area contributed by atoms with E-state index in [2.05, 4.69) is 10.3 Å². The smallest absolute Gasteiger partial charge is 0.355 e. The molecule has 1 amide bonds. The Morgan fingerprint density at radius 2 is 2.00 bits per heavy atom. The van der Waals surface area contributed by atoms with Gasteiger partial charge in [0.25, 0.3) is 5.91 Å². The van der Waals surface area contributed by atoms with Crippen molar-refractivity contribution in [3.63, 3.8) is 0 Å². The van der Waals surface area contributed by atoms with Crippen LogP contribution in [0.5, 0.6) is 0 Å². The lowest BCUT2D eigenvalue weighted by Crippen LogP contribution is -2.18. The van der Waals surface area contributed by atoms with Gasteiger partial charge in [-0.05, 0) is 36.8 Å². The number of pyridine rings is 1. The van der Waals surface area contributed by atoms with E-state index in [-0.39, 0.29) is 11.3 Å². The summed E-state index contributed by atoms with van der Waals surface area (Å²) < 4.78 is 0. The molecule has 20 heavy (non-hydrogen) atoms. The molecule has 0 bridgehead atoms. The van der Waals surface area contributed by atoms with Crippen LogP contribution in [0.3, 0.4) is 0 Å². The highest BCUT2D eigenvalue weighted by atomic mass is 35.5. The van der Waals surface area contributed by atoms with Crippen LogP contribution < -0.4 is 5.32 Å². The number of anilines is 1. The highest BCUT2D eigenvalue weighted by molar-refractivity contribution is 6.31. The summed E-state index contributed by atoms with van der Waals surface area (Å²) in [6.07, 6.45) is 1.32. The van der Waals surface area contributed by atoms with Crippen molar-refractivity contribution in [3.8, 4) is 0 Å². The topological polar surface area (TPSA) is 79.3 Å². The third-order valence-corrected chi connectivity index (χ3v) is 3.18. The van der Waals surface area contributed by atoms with E-state index in [4.69, 9.17) is 16.7 Å². The van der Waals surface area contributed by atoms with Crippen molar-refractivity contribution in [1.29, 1.82) is 0 Å². The summed E-state index contributed by atoms with van der Waals surface area (Å²) in [5, 5.41) is 12.2. The number of amides is 1. The Morgan fingerprint density at radius 1 is 1.25 bits per heavy atom. The zero-order chi connectivity index (χ0) is 14.7. The van der Waals surface area contributed by atoms with E-state index in [0.717, 1.165) is 0 Å². The van der Waals surface area contributed by atoms with Gasteiger partial charge in [-0.3, -0.25) is 4.79 Å². The first-order valence-electron chi connectivity index (χ1n) is 5.75. The van der Waals surface area contributed by atoms with E-state index < -0.39 is 11.9 Å². The number of aromatic nitrogens is 1. The van der Waals surface area contributed by atoms with Gasteiger partial charge in [-0.1, -0.05) is 17.7 Å². The number of carbonyl (C=O) groups is 2. The summed E-state index contributed by atoms with van der Waals surface area (Å²) in [6.45, 7) is 1.76. The molecule has 6 heteroatoms. The lowest BCUT2D eigenvalue weighted by Gasteiger charge is -2.10. The van der Waals surface area contributed by atoms with E-state index in [9.17, 15) is 9.59 Å². The van der Waals surface area contributed by atoms with Gasteiger partial charge < -0.3 is 10.4 Å². The molecule has 5 nitrogen and oxygen atoms in total. The third kappa shape index (κ3) is 2.78. The lowest BCUT2D eigenvalue weighted by atomic mass is 10.1. The SMILES string of the molecule is Cc1c(Cl)cccc1NC(=O)c1cccnc1C(=O)O. The molecular weight excluding hydrogens is 280 g/mol. The van der Waals surface area contributed by atoms with Crippen LogP contribution in [0.1, 0.15) is 26.4 Å². The zero-order valence-electron chi connectivity index (χ0n) is 10.6. The standard InChI is InChI=1S/C14H11ClN2O3/c1-8-10(15)5-2-6-11(8)17-13(18)9-4-3-7-16-12(9)14(19)20/h2-7H,1H3,(H,17,18)(H,19,20). The van der Waals surface area contributed by atoms with Gasteiger partial charge in [0, 0.05) is 16.9 Å². The Balaban J connectivity index is 2.34. The molecule has 0 unspecified atom stereocenters. The lowest BCUT2D eigenvalue weighted by molar-refractivity contribution is 0.0686. The predicted octanol–water partition coefficient (Wildman–Crippen LogP) is 2.99. The van der Waals surface area contributed by atoms with Crippen molar-refractivity contribution in [3.05, 3.63) is 58.4 Å². The van der Waals surface area contributed by atoms with E-state index in [0.29, 0.717) is 16.3 Å². The summed E-state index contributed by atoms with van der Waals surface area (Å²) in [5.74, 6) is -1.79. The quantitative estimate of drug-likeness (QED) is 0.911. The van der Waals surface area contributed by atoms with Gasteiger partial charge in [-0.2, -0.15) is 0 Å². The minimum Gasteiger partial charge on any atom is -0.476 e. The molecule has 0 atom stereocenters. The van der Waals surface area contributed by atoms with Crippen molar-refractivity contribution in [2.75, 3.05) is 5.32 Å². The van der Waals surface area contributed by atoms with E-state index >= 15 is 0 Å². The fourth-order valence-corrected chi connectivity index (χ4v) is 1.87. The van der Waals surface area contributed by atoms with Gasteiger partial charge in [0.1, 0.15) is 0 Å². The Bertz CT molecular complexity index is 686. The molecule has 0 saturated heterocycles. The third-order valence-electron chi connectivity index (χ3n) is 2.77. The number of hydrogen-bond acceptors (Lipinski definition) is 3. The molecule has 1 heterocycles. The van der Waals surface area contributed by atoms with Crippen LogP contribution in [0.4, 0.5) is 5.69 Å². The number of rotatable bonds is 3. The molecule has 2 aromatic rings. The van der Waals surface area contributed by atoms with Crippen LogP contribution in [0.25, 0.3) is 0 Å². The average Bonchev–Trinajstić information content (AvgIpc) is 2.43. The molecule has 102 valence electrons. The Labute approximate surface area is 120 Å². The normalized spacial score (nSPS) is 10.1. The number of hydrogen-bond donors (Lipinski definition) is 2. The van der Waals surface area contributed by atoms with Crippen molar-refractivity contribution in [2.45, 2.75) is 6.92 Å². The molecule has 0 spiro atoms. The molecule has 0 radical (unpaired) electrons. The second-order valence-electron chi connectivity index (χ2n) is 4.07. The second-order valence-corrected chi connectivity index (χ2v) is 4.48. The molecule has 0 aliphatic rings. The van der Waals surface area contributed by atoms with Crippen molar-refractivity contribution in [1.82, 2.24) is 4.98 Å². The molecular formula is C14H11ClN2O3. The summed E-state index contributed by atoms with van der Waals surface area (Å²) >= 11 is 5.97. The number of carboxylic acid groups (broad SMARTS) is 1. The maximum Gasteiger partial charge on any atom is 0.355 e. The van der Waals surface area contributed by atoms with E-state index in [1.54, 1.807) is 25.1 Å². The van der Waals surface area contributed by atoms with Crippen LogP contribution in [-0.2, 0) is 0 Å². The maximum absolute atomic E-state index is 12.1. The van der Waals surface area contributed by atoms with Crippen molar-refractivity contribution < 1.29 is 14.7 Å². The number of benzene rings is 1. The highest BCUT2D eigenvalue weighted by Gasteiger charge is 2.18. The maximum atomic E-state index is 12.1. The minimum absolute atomic E-state index is 0.000578.